The number of hydrogen-bond donors (Lipinski definition) is 0. The molecule has 1 unspecified atom stereocenters. The molecule has 0 spiro atoms. The molecule has 132 valence electrons. The number of carbonyl (C=O) groups excluding carboxylic acids is 1. The number of nitrogens with zero attached hydrogens (tertiary/aromatic N) is 4. The monoisotopic (exact) mass is 362 g/mol. The first-order valence-corrected chi connectivity index (χ1v) is 8.80. The Morgan fingerprint density at radius 2 is 2.24 bits per heavy atom. The molecule has 1 aliphatic rings. The first-order chi connectivity index (χ1) is 12.1. The lowest BCUT2D eigenvalue weighted by molar-refractivity contribution is -0.126. The minimum Gasteiger partial charge on any atom is -0.483 e. The van der Waals surface area contributed by atoms with Gasteiger partial charge in [0.25, 0.3) is 0 Å². The quantitative estimate of drug-likeness (QED) is 0.709. The summed E-state index contributed by atoms with van der Waals surface area (Å²) in [4.78, 5) is 13.8. The molecule has 1 aromatic heterocycles. The van der Waals surface area contributed by atoms with Crippen LogP contribution in [0.25, 0.3) is 0 Å². The van der Waals surface area contributed by atoms with Crippen molar-refractivity contribution in [3.8, 4) is 5.75 Å². The fraction of sp³-hybridized carbons (Fsp3) is 0.353. The van der Waals surface area contributed by atoms with Crippen molar-refractivity contribution >= 4 is 17.7 Å². The molecular formula is C17H19FN4O2S. The number of para-hydroxylation sites is 1. The van der Waals surface area contributed by atoms with Gasteiger partial charge in [-0.15, -0.1) is 16.8 Å². The highest BCUT2D eigenvalue weighted by atomic mass is 32.2. The summed E-state index contributed by atoms with van der Waals surface area (Å²) in [5.74, 6) is 0.399. The summed E-state index contributed by atoms with van der Waals surface area (Å²) >= 11 is 1.40. The molecule has 0 N–H and O–H groups in total. The van der Waals surface area contributed by atoms with Gasteiger partial charge in [0.1, 0.15) is 6.61 Å². The molecule has 1 atom stereocenters. The second-order valence-corrected chi connectivity index (χ2v) is 6.84. The van der Waals surface area contributed by atoms with Crippen LogP contribution in [0.3, 0.4) is 0 Å². The highest BCUT2D eigenvalue weighted by Crippen LogP contribution is 2.29. The van der Waals surface area contributed by atoms with Crippen molar-refractivity contribution in [3.63, 3.8) is 0 Å². The standard InChI is InChI=1S/C17H19FN4O2S/c1-3-9-22-15(11-24-13-7-5-4-6-12(13)18)19-20-17(22)25-14-8-10-21(2)16(14)23/h3-7,14H,1,8-11H2,2H3. The Kier molecular flexibility index (Phi) is 5.37. The number of carbonyl (C=O) groups is 1. The zero-order valence-corrected chi connectivity index (χ0v) is 14.7. The van der Waals surface area contributed by atoms with Gasteiger partial charge in [0.2, 0.25) is 5.91 Å². The van der Waals surface area contributed by atoms with E-state index in [9.17, 15) is 9.18 Å². The SMILES string of the molecule is C=CCn1c(COc2ccccc2F)nnc1SC1CCN(C)C1=O. The van der Waals surface area contributed by atoms with E-state index in [2.05, 4.69) is 16.8 Å². The average Bonchev–Trinajstić information content (AvgIpc) is 3.13. The molecule has 6 nitrogen and oxygen atoms in total. The van der Waals surface area contributed by atoms with Crippen LogP contribution >= 0.6 is 11.8 Å². The van der Waals surface area contributed by atoms with Crippen LogP contribution in [0.15, 0.2) is 42.1 Å². The molecule has 2 heterocycles. The fourth-order valence-corrected chi connectivity index (χ4v) is 3.71. The number of amides is 1. The van der Waals surface area contributed by atoms with E-state index < -0.39 is 5.82 Å². The molecule has 2 aromatic rings. The minimum absolute atomic E-state index is 0.0842. The minimum atomic E-state index is -0.425. The third-order valence-corrected chi connectivity index (χ3v) is 5.16. The van der Waals surface area contributed by atoms with Gasteiger partial charge in [-0.3, -0.25) is 9.36 Å². The first kappa shape index (κ1) is 17.5. The van der Waals surface area contributed by atoms with Crippen molar-refractivity contribution in [2.45, 2.75) is 30.0 Å². The average molecular weight is 362 g/mol. The third-order valence-electron chi connectivity index (χ3n) is 3.92. The van der Waals surface area contributed by atoms with Gasteiger partial charge in [0, 0.05) is 20.1 Å². The summed E-state index contributed by atoms with van der Waals surface area (Å²) in [6.07, 6.45) is 2.50. The van der Waals surface area contributed by atoms with Crippen LogP contribution in [-0.2, 0) is 17.9 Å². The summed E-state index contributed by atoms with van der Waals surface area (Å²) in [6.45, 7) is 5.07. The highest BCUT2D eigenvalue weighted by Gasteiger charge is 2.31. The second-order valence-electron chi connectivity index (χ2n) is 5.67. The van der Waals surface area contributed by atoms with Gasteiger partial charge < -0.3 is 9.64 Å². The molecule has 1 aliphatic heterocycles. The van der Waals surface area contributed by atoms with Crippen LogP contribution in [0.1, 0.15) is 12.2 Å². The predicted octanol–water partition coefficient (Wildman–Crippen LogP) is 2.51. The van der Waals surface area contributed by atoms with E-state index in [1.165, 1.54) is 17.8 Å². The van der Waals surface area contributed by atoms with Gasteiger partial charge in [0.05, 0.1) is 5.25 Å². The molecule has 0 saturated carbocycles. The molecule has 1 saturated heterocycles. The van der Waals surface area contributed by atoms with E-state index in [1.807, 2.05) is 4.57 Å². The van der Waals surface area contributed by atoms with E-state index in [-0.39, 0.29) is 23.5 Å². The van der Waals surface area contributed by atoms with Crippen LogP contribution < -0.4 is 4.74 Å². The van der Waals surface area contributed by atoms with Crippen molar-refractivity contribution in [1.29, 1.82) is 0 Å². The zero-order chi connectivity index (χ0) is 17.8. The van der Waals surface area contributed by atoms with Gasteiger partial charge in [-0.25, -0.2) is 4.39 Å². The number of ether oxygens (including phenoxy) is 1. The fourth-order valence-electron chi connectivity index (χ4n) is 2.56. The van der Waals surface area contributed by atoms with Crippen LogP contribution in [0.5, 0.6) is 5.75 Å². The Labute approximate surface area is 149 Å². The number of aromatic nitrogens is 3. The molecule has 0 bridgehead atoms. The van der Waals surface area contributed by atoms with Crippen molar-refractivity contribution in [2.75, 3.05) is 13.6 Å². The molecule has 0 aliphatic carbocycles. The Bertz CT molecular complexity index is 780. The third kappa shape index (κ3) is 3.84. The summed E-state index contributed by atoms with van der Waals surface area (Å²) < 4.78 is 21.0. The maximum Gasteiger partial charge on any atom is 0.235 e. The number of halogens is 1. The number of allylic oxidation sites excluding steroid dienone is 1. The van der Waals surface area contributed by atoms with Crippen LogP contribution in [-0.4, -0.2) is 44.4 Å². The van der Waals surface area contributed by atoms with E-state index in [1.54, 1.807) is 36.2 Å². The highest BCUT2D eigenvalue weighted by molar-refractivity contribution is 8.00. The van der Waals surface area contributed by atoms with Gasteiger partial charge in [0.15, 0.2) is 22.5 Å². The smallest absolute Gasteiger partial charge is 0.235 e. The van der Waals surface area contributed by atoms with Crippen LogP contribution in [0, 0.1) is 5.82 Å². The van der Waals surface area contributed by atoms with Gasteiger partial charge in [-0.1, -0.05) is 30.0 Å². The van der Waals surface area contributed by atoms with Crippen molar-refractivity contribution in [3.05, 3.63) is 48.6 Å². The topological polar surface area (TPSA) is 60.2 Å². The Morgan fingerprint density at radius 3 is 2.92 bits per heavy atom. The van der Waals surface area contributed by atoms with Gasteiger partial charge in [-0.05, 0) is 18.6 Å². The van der Waals surface area contributed by atoms with E-state index in [0.717, 1.165) is 13.0 Å². The maximum atomic E-state index is 13.7. The second kappa shape index (κ2) is 7.69. The molecule has 1 fully saturated rings. The first-order valence-electron chi connectivity index (χ1n) is 7.92. The van der Waals surface area contributed by atoms with Crippen LogP contribution in [0.4, 0.5) is 4.39 Å². The molecule has 0 radical (unpaired) electrons. The lowest BCUT2D eigenvalue weighted by Crippen LogP contribution is -2.24. The molecule has 3 rings (SSSR count). The molecular weight excluding hydrogens is 343 g/mol. The largest absolute Gasteiger partial charge is 0.483 e. The lowest BCUT2D eigenvalue weighted by Gasteiger charge is -2.12. The van der Waals surface area contributed by atoms with E-state index >= 15 is 0 Å². The molecule has 1 amide bonds. The zero-order valence-electron chi connectivity index (χ0n) is 13.9. The van der Waals surface area contributed by atoms with Gasteiger partial charge >= 0.3 is 0 Å². The summed E-state index contributed by atoms with van der Waals surface area (Å²) in [7, 11) is 1.80. The Hall–Kier alpha value is -2.35. The number of likely N-dealkylation sites (tertiary alicyclic amines) is 1. The summed E-state index contributed by atoms with van der Waals surface area (Å²) in [5, 5.41) is 8.80. The normalized spacial score (nSPS) is 17.1. The Balaban J connectivity index is 1.74. The number of thioether (sulfide) groups is 1. The maximum absolute atomic E-state index is 13.7. The van der Waals surface area contributed by atoms with E-state index in [4.69, 9.17) is 4.74 Å². The molecule has 25 heavy (non-hydrogen) atoms. The molecule has 1 aromatic carbocycles. The van der Waals surface area contributed by atoms with Crippen molar-refractivity contribution < 1.29 is 13.9 Å². The number of hydrogen-bond acceptors (Lipinski definition) is 5. The summed E-state index contributed by atoms with van der Waals surface area (Å²) in [5.41, 5.74) is 0. The van der Waals surface area contributed by atoms with Crippen molar-refractivity contribution in [1.82, 2.24) is 19.7 Å². The number of benzene rings is 1. The number of rotatable bonds is 7. The van der Waals surface area contributed by atoms with Crippen molar-refractivity contribution in [2.24, 2.45) is 0 Å². The summed E-state index contributed by atoms with van der Waals surface area (Å²) in [6, 6.07) is 6.21. The van der Waals surface area contributed by atoms with Gasteiger partial charge in [-0.2, -0.15) is 0 Å². The Morgan fingerprint density at radius 1 is 1.44 bits per heavy atom. The van der Waals surface area contributed by atoms with Crippen LogP contribution in [0.2, 0.25) is 0 Å². The predicted molar refractivity (Wildman–Crippen MR) is 92.9 cm³/mol. The lowest BCUT2D eigenvalue weighted by atomic mass is 10.3. The van der Waals surface area contributed by atoms with E-state index in [0.29, 0.717) is 17.5 Å². The molecule has 8 heteroatoms.